The Hall–Kier alpha value is -3.23. The van der Waals surface area contributed by atoms with E-state index in [9.17, 15) is 14.0 Å². The largest absolute Gasteiger partial charge is 0.494 e. The highest BCUT2D eigenvalue weighted by molar-refractivity contribution is 6.22. The lowest BCUT2D eigenvalue weighted by Crippen LogP contribution is -2.40. The van der Waals surface area contributed by atoms with E-state index in [2.05, 4.69) is 15.3 Å². The molecule has 25 heavy (non-hydrogen) atoms. The predicted molar refractivity (Wildman–Crippen MR) is 85.2 cm³/mol. The van der Waals surface area contributed by atoms with Crippen molar-refractivity contribution in [2.45, 2.75) is 19.4 Å². The number of nitrogens with zero attached hydrogens (tertiary/aromatic N) is 3. The molecule has 0 radical (unpaired) electrons. The molecule has 0 atom stereocenters. The summed E-state index contributed by atoms with van der Waals surface area (Å²) in [7, 11) is 1.34. The SMILES string of the molecule is COc1cc(Oc2cc(N3C(=O)NC(C)(C)C3=O)ncn2)ccc1F. The molecule has 1 aliphatic rings. The predicted octanol–water partition coefficient (Wildman–Crippen LogP) is 2.25. The van der Waals surface area contributed by atoms with Gasteiger partial charge in [-0.2, -0.15) is 0 Å². The molecular formula is C16H15FN4O4. The number of benzene rings is 1. The molecule has 2 aromatic rings. The van der Waals surface area contributed by atoms with Crippen molar-refractivity contribution in [2.24, 2.45) is 0 Å². The number of aromatic nitrogens is 2. The first-order chi connectivity index (χ1) is 11.8. The number of imide groups is 1. The highest BCUT2D eigenvalue weighted by Gasteiger charge is 2.45. The number of hydrogen-bond donors (Lipinski definition) is 1. The standard InChI is InChI=1S/C16H15FN4O4/c1-16(2)14(22)21(15(23)20-16)12-7-13(19-8-18-12)25-9-4-5-10(17)11(6-9)24-3/h4-8H,1-3H3,(H,20,23). The Labute approximate surface area is 142 Å². The monoisotopic (exact) mass is 346 g/mol. The molecule has 1 saturated heterocycles. The Balaban J connectivity index is 1.88. The summed E-state index contributed by atoms with van der Waals surface area (Å²) < 4.78 is 23.9. The van der Waals surface area contributed by atoms with Crippen LogP contribution in [0, 0.1) is 5.82 Å². The number of nitrogens with one attached hydrogen (secondary N) is 1. The van der Waals surface area contributed by atoms with Crippen molar-refractivity contribution in [1.82, 2.24) is 15.3 Å². The van der Waals surface area contributed by atoms with Gasteiger partial charge < -0.3 is 14.8 Å². The Morgan fingerprint density at radius 2 is 1.96 bits per heavy atom. The fourth-order valence-corrected chi connectivity index (χ4v) is 2.29. The van der Waals surface area contributed by atoms with Crippen molar-refractivity contribution in [3.63, 3.8) is 0 Å². The molecular weight excluding hydrogens is 331 g/mol. The molecule has 2 heterocycles. The fourth-order valence-electron chi connectivity index (χ4n) is 2.29. The van der Waals surface area contributed by atoms with Gasteiger partial charge in [-0.25, -0.2) is 24.1 Å². The summed E-state index contributed by atoms with van der Waals surface area (Å²) in [4.78, 5) is 33.1. The summed E-state index contributed by atoms with van der Waals surface area (Å²) in [6.07, 6.45) is 1.16. The van der Waals surface area contributed by atoms with Crippen LogP contribution in [-0.4, -0.2) is 34.6 Å². The van der Waals surface area contributed by atoms with Gasteiger partial charge in [-0.05, 0) is 26.0 Å². The van der Waals surface area contributed by atoms with E-state index in [1.54, 1.807) is 13.8 Å². The van der Waals surface area contributed by atoms with E-state index >= 15 is 0 Å². The summed E-state index contributed by atoms with van der Waals surface area (Å²) in [6.45, 7) is 3.19. The minimum absolute atomic E-state index is 0.0163. The van der Waals surface area contributed by atoms with E-state index in [4.69, 9.17) is 9.47 Å². The number of carbonyl (C=O) groups excluding carboxylic acids is 2. The third-order valence-corrected chi connectivity index (χ3v) is 3.56. The van der Waals surface area contributed by atoms with Gasteiger partial charge in [0, 0.05) is 12.1 Å². The number of ether oxygens (including phenoxy) is 2. The van der Waals surface area contributed by atoms with Gasteiger partial charge in [-0.15, -0.1) is 0 Å². The van der Waals surface area contributed by atoms with Crippen LogP contribution >= 0.6 is 0 Å². The van der Waals surface area contributed by atoms with Crippen LogP contribution in [0.3, 0.4) is 0 Å². The van der Waals surface area contributed by atoms with Gasteiger partial charge in [0.05, 0.1) is 7.11 Å². The molecule has 0 saturated carbocycles. The van der Waals surface area contributed by atoms with Gasteiger partial charge in [0.15, 0.2) is 17.4 Å². The molecule has 0 aliphatic carbocycles. The quantitative estimate of drug-likeness (QED) is 0.854. The number of hydrogen-bond acceptors (Lipinski definition) is 6. The minimum Gasteiger partial charge on any atom is -0.494 e. The molecule has 1 aromatic carbocycles. The Kier molecular flexibility index (Phi) is 3.99. The first-order valence-corrected chi connectivity index (χ1v) is 7.32. The average Bonchev–Trinajstić information content (AvgIpc) is 2.77. The van der Waals surface area contributed by atoms with Crippen LogP contribution in [0.5, 0.6) is 17.4 Å². The Morgan fingerprint density at radius 1 is 1.20 bits per heavy atom. The van der Waals surface area contributed by atoms with E-state index in [1.807, 2.05) is 0 Å². The van der Waals surface area contributed by atoms with E-state index in [0.29, 0.717) is 0 Å². The van der Waals surface area contributed by atoms with Crippen molar-refractivity contribution in [2.75, 3.05) is 12.0 Å². The van der Waals surface area contributed by atoms with Crippen LogP contribution < -0.4 is 19.7 Å². The third-order valence-electron chi connectivity index (χ3n) is 3.56. The summed E-state index contributed by atoms with van der Waals surface area (Å²) in [6, 6.07) is 4.71. The molecule has 1 N–H and O–H groups in total. The van der Waals surface area contributed by atoms with Gasteiger partial charge in [0.2, 0.25) is 5.88 Å². The summed E-state index contributed by atoms with van der Waals surface area (Å²) >= 11 is 0. The molecule has 3 amide bonds. The van der Waals surface area contributed by atoms with Crippen molar-refractivity contribution in [3.8, 4) is 17.4 Å². The van der Waals surface area contributed by atoms with Gasteiger partial charge in [0.25, 0.3) is 5.91 Å². The molecule has 3 rings (SSSR count). The summed E-state index contributed by atoms with van der Waals surface area (Å²) in [5.41, 5.74) is -1.02. The fraction of sp³-hybridized carbons (Fsp3) is 0.250. The number of methoxy groups -OCH3 is 1. The van der Waals surface area contributed by atoms with Gasteiger partial charge in [-0.1, -0.05) is 0 Å². The van der Waals surface area contributed by atoms with Crippen LogP contribution in [0.1, 0.15) is 13.8 Å². The van der Waals surface area contributed by atoms with E-state index in [-0.39, 0.29) is 23.2 Å². The number of rotatable bonds is 4. The first-order valence-electron chi connectivity index (χ1n) is 7.32. The number of carbonyl (C=O) groups is 2. The first kappa shape index (κ1) is 16.6. The molecule has 0 spiro atoms. The number of amides is 3. The Morgan fingerprint density at radius 3 is 2.60 bits per heavy atom. The van der Waals surface area contributed by atoms with Crippen LogP contribution in [0.4, 0.5) is 15.0 Å². The minimum atomic E-state index is -1.02. The maximum Gasteiger partial charge on any atom is 0.330 e. The van der Waals surface area contributed by atoms with Crippen LogP contribution in [0.25, 0.3) is 0 Å². The lowest BCUT2D eigenvalue weighted by Gasteiger charge is -2.15. The highest BCUT2D eigenvalue weighted by Crippen LogP contribution is 2.29. The number of halogens is 1. The van der Waals surface area contributed by atoms with Gasteiger partial charge in [0.1, 0.15) is 17.6 Å². The smallest absolute Gasteiger partial charge is 0.330 e. The second-order valence-corrected chi connectivity index (χ2v) is 5.81. The zero-order chi connectivity index (χ0) is 18.2. The molecule has 130 valence electrons. The van der Waals surface area contributed by atoms with E-state index < -0.39 is 23.3 Å². The van der Waals surface area contributed by atoms with Gasteiger partial charge in [-0.3, -0.25) is 4.79 Å². The normalized spacial score (nSPS) is 15.9. The van der Waals surface area contributed by atoms with E-state index in [1.165, 1.54) is 31.4 Å². The van der Waals surface area contributed by atoms with Crippen molar-refractivity contribution in [1.29, 1.82) is 0 Å². The molecule has 1 aromatic heterocycles. The maximum absolute atomic E-state index is 13.4. The Bertz CT molecular complexity index is 856. The van der Waals surface area contributed by atoms with Crippen LogP contribution in [0.15, 0.2) is 30.6 Å². The molecule has 8 nitrogen and oxygen atoms in total. The second kappa shape index (κ2) is 6.00. The summed E-state index contributed by atoms with van der Waals surface area (Å²) in [5.74, 6) is -0.510. The van der Waals surface area contributed by atoms with Crippen molar-refractivity contribution < 1.29 is 23.5 Å². The molecule has 0 bridgehead atoms. The highest BCUT2D eigenvalue weighted by atomic mass is 19.1. The number of anilines is 1. The molecule has 1 aliphatic heterocycles. The zero-order valence-corrected chi connectivity index (χ0v) is 13.7. The van der Waals surface area contributed by atoms with Crippen molar-refractivity contribution in [3.05, 3.63) is 36.4 Å². The lowest BCUT2D eigenvalue weighted by molar-refractivity contribution is -0.121. The zero-order valence-electron chi connectivity index (χ0n) is 13.7. The second-order valence-electron chi connectivity index (χ2n) is 5.81. The van der Waals surface area contributed by atoms with Crippen LogP contribution in [-0.2, 0) is 4.79 Å². The molecule has 9 heteroatoms. The maximum atomic E-state index is 13.4. The van der Waals surface area contributed by atoms with E-state index in [0.717, 1.165) is 11.2 Å². The lowest BCUT2D eigenvalue weighted by atomic mass is 10.1. The van der Waals surface area contributed by atoms with Gasteiger partial charge >= 0.3 is 6.03 Å². The number of urea groups is 1. The summed E-state index contributed by atoms with van der Waals surface area (Å²) in [5, 5.41) is 2.56. The average molecular weight is 346 g/mol. The van der Waals surface area contributed by atoms with Crippen molar-refractivity contribution >= 4 is 17.8 Å². The molecule has 1 fully saturated rings. The molecule has 0 unspecified atom stereocenters. The topological polar surface area (TPSA) is 93.7 Å². The third kappa shape index (κ3) is 3.08. The van der Waals surface area contributed by atoms with Crippen LogP contribution in [0.2, 0.25) is 0 Å².